The third-order valence-electron chi connectivity index (χ3n) is 5.40. The molecule has 36 heavy (non-hydrogen) atoms. The number of sulfonamides is 1. The molecule has 3 N–H and O–H groups in total. The molecule has 3 aromatic carbocycles. The Hall–Kier alpha value is -4.31. The van der Waals surface area contributed by atoms with Crippen molar-refractivity contribution in [2.24, 2.45) is 0 Å². The predicted octanol–water partition coefficient (Wildman–Crippen LogP) is 5.15. The molecule has 5 rings (SSSR count). The summed E-state index contributed by atoms with van der Waals surface area (Å²) in [6.07, 6.45) is 0. The lowest BCUT2D eigenvalue weighted by Crippen LogP contribution is -2.17. The van der Waals surface area contributed by atoms with Crippen LogP contribution in [0.2, 0.25) is 0 Å². The number of anilines is 5. The van der Waals surface area contributed by atoms with Gasteiger partial charge in [0.05, 0.1) is 4.90 Å². The first-order valence-corrected chi connectivity index (χ1v) is 12.8. The molecular weight excluding hydrogens is 478 g/mol. The van der Waals surface area contributed by atoms with E-state index >= 15 is 0 Å². The molecule has 0 atom stereocenters. The highest BCUT2D eigenvalue weighted by molar-refractivity contribution is 7.92. The molecule has 184 valence electrons. The fourth-order valence-electron chi connectivity index (χ4n) is 3.65. The minimum absolute atomic E-state index is 0.0963. The summed E-state index contributed by atoms with van der Waals surface area (Å²) in [6, 6.07) is 21.3. The Kier molecular flexibility index (Phi) is 6.34. The van der Waals surface area contributed by atoms with Crippen LogP contribution in [-0.4, -0.2) is 31.6 Å². The maximum absolute atomic E-state index is 12.9. The number of rotatable bonds is 7. The topological polar surface area (TPSA) is 114 Å². The highest BCUT2D eigenvalue weighted by Crippen LogP contribution is 2.33. The van der Waals surface area contributed by atoms with Crippen LogP contribution < -0.4 is 24.8 Å². The normalized spacial score (nSPS) is 12.6. The van der Waals surface area contributed by atoms with Crippen molar-refractivity contribution >= 4 is 38.7 Å². The van der Waals surface area contributed by atoms with Crippen molar-refractivity contribution in [3.63, 3.8) is 0 Å². The van der Waals surface area contributed by atoms with Crippen LogP contribution in [0.5, 0.6) is 11.5 Å². The van der Waals surface area contributed by atoms with Crippen molar-refractivity contribution in [2.45, 2.75) is 18.7 Å². The molecule has 0 saturated heterocycles. The standard InChI is InChI=1S/C26H25N5O4S/c1-17-3-5-19(6-4-17)29-25-16-26(28-18(2)27-25)30-20-7-9-21(10-8-20)31-36(32,33)22-11-12-23-24(15-22)35-14-13-34-23/h3-12,15-16,31H,13-14H2,1-2H3,(H2,27,28,29,30). The second-order valence-electron chi connectivity index (χ2n) is 8.29. The average molecular weight is 504 g/mol. The number of ether oxygens (including phenoxy) is 2. The van der Waals surface area contributed by atoms with E-state index in [9.17, 15) is 8.42 Å². The molecule has 0 unspecified atom stereocenters. The van der Waals surface area contributed by atoms with Gasteiger partial charge >= 0.3 is 0 Å². The molecule has 4 aromatic rings. The molecule has 0 bridgehead atoms. The predicted molar refractivity (Wildman–Crippen MR) is 139 cm³/mol. The van der Waals surface area contributed by atoms with E-state index in [4.69, 9.17) is 9.47 Å². The second kappa shape index (κ2) is 9.74. The molecule has 10 heteroatoms. The summed E-state index contributed by atoms with van der Waals surface area (Å²) in [5, 5.41) is 6.52. The zero-order valence-corrected chi connectivity index (χ0v) is 20.6. The maximum Gasteiger partial charge on any atom is 0.262 e. The number of benzene rings is 3. The molecule has 2 heterocycles. The molecule has 0 radical (unpaired) electrons. The average Bonchev–Trinajstić information content (AvgIpc) is 2.86. The van der Waals surface area contributed by atoms with Gasteiger partial charge in [0.2, 0.25) is 0 Å². The maximum atomic E-state index is 12.9. The highest BCUT2D eigenvalue weighted by atomic mass is 32.2. The van der Waals surface area contributed by atoms with Gasteiger partial charge in [-0.3, -0.25) is 4.72 Å². The number of aromatic nitrogens is 2. The van der Waals surface area contributed by atoms with Crippen LogP contribution >= 0.6 is 0 Å². The van der Waals surface area contributed by atoms with E-state index in [0.717, 1.165) is 11.4 Å². The third-order valence-corrected chi connectivity index (χ3v) is 6.77. The summed E-state index contributed by atoms with van der Waals surface area (Å²) >= 11 is 0. The van der Waals surface area contributed by atoms with Crippen molar-refractivity contribution in [1.82, 2.24) is 9.97 Å². The second-order valence-corrected chi connectivity index (χ2v) is 9.97. The van der Waals surface area contributed by atoms with Crippen molar-refractivity contribution in [2.75, 3.05) is 28.6 Å². The molecule has 0 fully saturated rings. The van der Waals surface area contributed by atoms with E-state index in [0.29, 0.717) is 47.9 Å². The van der Waals surface area contributed by atoms with Gasteiger partial charge in [0.25, 0.3) is 10.0 Å². The minimum atomic E-state index is -3.80. The molecule has 9 nitrogen and oxygen atoms in total. The van der Waals surface area contributed by atoms with Gasteiger partial charge in [-0.05, 0) is 62.4 Å². The monoisotopic (exact) mass is 503 g/mol. The van der Waals surface area contributed by atoms with Gasteiger partial charge in [-0.2, -0.15) is 0 Å². The summed E-state index contributed by atoms with van der Waals surface area (Å²) in [6.45, 7) is 4.68. The minimum Gasteiger partial charge on any atom is -0.486 e. The van der Waals surface area contributed by atoms with E-state index in [2.05, 4.69) is 25.3 Å². The molecular formula is C26H25N5O4S. The first kappa shape index (κ1) is 23.4. The van der Waals surface area contributed by atoms with Crippen molar-refractivity contribution < 1.29 is 17.9 Å². The number of hydrogen-bond donors (Lipinski definition) is 3. The molecule has 0 spiro atoms. The summed E-state index contributed by atoms with van der Waals surface area (Å²) in [7, 11) is -3.80. The van der Waals surface area contributed by atoms with Gasteiger partial charge in [0.15, 0.2) is 11.5 Å². The number of nitrogens with zero attached hydrogens (tertiary/aromatic N) is 2. The van der Waals surface area contributed by atoms with E-state index in [-0.39, 0.29) is 4.90 Å². The zero-order chi connectivity index (χ0) is 25.1. The lowest BCUT2D eigenvalue weighted by Gasteiger charge is -2.19. The van der Waals surface area contributed by atoms with E-state index in [1.54, 1.807) is 30.3 Å². The van der Waals surface area contributed by atoms with E-state index < -0.39 is 10.0 Å². The Bertz CT molecular complexity index is 1490. The molecule has 0 saturated carbocycles. The summed E-state index contributed by atoms with van der Waals surface area (Å²) in [5.41, 5.74) is 3.28. The van der Waals surface area contributed by atoms with Crippen LogP contribution in [0.15, 0.2) is 77.7 Å². The lowest BCUT2D eigenvalue weighted by molar-refractivity contribution is 0.171. The van der Waals surface area contributed by atoms with Crippen molar-refractivity contribution in [3.05, 3.63) is 84.2 Å². The Morgan fingerprint density at radius 3 is 1.89 bits per heavy atom. The lowest BCUT2D eigenvalue weighted by atomic mass is 10.2. The van der Waals surface area contributed by atoms with E-state index in [1.165, 1.54) is 17.7 Å². The number of fused-ring (bicyclic) bond motifs is 1. The van der Waals surface area contributed by atoms with Gasteiger partial charge < -0.3 is 20.1 Å². The first-order chi connectivity index (χ1) is 17.3. The number of aryl methyl sites for hydroxylation is 2. The third kappa shape index (κ3) is 5.49. The van der Waals surface area contributed by atoms with Crippen LogP contribution in [0.1, 0.15) is 11.4 Å². The molecule has 1 aliphatic heterocycles. The number of nitrogens with one attached hydrogen (secondary N) is 3. The van der Waals surface area contributed by atoms with Gasteiger partial charge in [-0.25, -0.2) is 18.4 Å². The van der Waals surface area contributed by atoms with Crippen LogP contribution in [-0.2, 0) is 10.0 Å². The molecule has 1 aliphatic rings. The Balaban J connectivity index is 1.27. The Morgan fingerprint density at radius 1 is 0.694 bits per heavy atom. The summed E-state index contributed by atoms with van der Waals surface area (Å²) in [5.74, 6) is 2.84. The van der Waals surface area contributed by atoms with Gasteiger partial charge in [0.1, 0.15) is 30.7 Å². The summed E-state index contributed by atoms with van der Waals surface area (Å²) < 4.78 is 39.3. The molecule has 0 amide bonds. The largest absolute Gasteiger partial charge is 0.486 e. The molecule has 1 aromatic heterocycles. The van der Waals surface area contributed by atoms with Crippen molar-refractivity contribution in [3.8, 4) is 11.5 Å². The van der Waals surface area contributed by atoms with Crippen molar-refractivity contribution in [1.29, 1.82) is 0 Å². The van der Waals surface area contributed by atoms with Crippen LogP contribution in [0.25, 0.3) is 0 Å². The van der Waals surface area contributed by atoms with E-state index in [1.807, 2.05) is 44.2 Å². The molecule has 0 aliphatic carbocycles. The number of hydrogen-bond acceptors (Lipinski definition) is 8. The fourth-order valence-corrected chi connectivity index (χ4v) is 4.73. The quantitative estimate of drug-likeness (QED) is 0.317. The smallest absolute Gasteiger partial charge is 0.262 e. The first-order valence-electron chi connectivity index (χ1n) is 11.3. The SMILES string of the molecule is Cc1ccc(Nc2cc(Nc3ccc(NS(=O)(=O)c4ccc5c(c4)OCCO5)cc3)nc(C)n2)cc1. The summed E-state index contributed by atoms with van der Waals surface area (Å²) in [4.78, 5) is 8.99. The van der Waals surface area contributed by atoms with Crippen LogP contribution in [0.4, 0.5) is 28.7 Å². The Labute approximate surface area is 209 Å². The van der Waals surface area contributed by atoms with Gasteiger partial charge in [-0.1, -0.05) is 17.7 Å². The highest BCUT2D eigenvalue weighted by Gasteiger charge is 2.19. The zero-order valence-electron chi connectivity index (χ0n) is 19.8. The fraction of sp³-hybridized carbons (Fsp3) is 0.154. The Morgan fingerprint density at radius 2 is 1.25 bits per heavy atom. The van der Waals surface area contributed by atoms with Gasteiger partial charge in [-0.15, -0.1) is 0 Å². The van der Waals surface area contributed by atoms with Crippen LogP contribution in [0, 0.1) is 13.8 Å². The van der Waals surface area contributed by atoms with Crippen LogP contribution in [0.3, 0.4) is 0 Å². The van der Waals surface area contributed by atoms with Gasteiger partial charge in [0, 0.05) is 29.2 Å².